The molecular formula is C14H22N2O2. The Hall–Kier alpha value is -1.55. The maximum absolute atomic E-state index is 12.1. The van der Waals surface area contributed by atoms with Gasteiger partial charge in [0.15, 0.2) is 0 Å². The van der Waals surface area contributed by atoms with Crippen molar-refractivity contribution in [3.05, 3.63) is 29.8 Å². The van der Waals surface area contributed by atoms with Gasteiger partial charge in [-0.3, -0.25) is 4.79 Å². The van der Waals surface area contributed by atoms with Crippen LogP contribution < -0.4 is 10.6 Å². The number of hydrogen-bond acceptors (Lipinski definition) is 3. The van der Waals surface area contributed by atoms with Crippen molar-refractivity contribution in [1.82, 2.24) is 5.32 Å². The number of benzene rings is 1. The summed E-state index contributed by atoms with van der Waals surface area (Å²) in [5.74, 6) is -0.111. The van der Waals surface area contributed by atoms with Crippen molar-refractivity contribution in [3.8, 4) is 0 Å². The summed E-state index contributed by atoms with van der Waals surface area (Å²) in [6.45, 7) is 6.02. The van der Waals surface area contributed by atoms with Gasteiger partial charge in [0.25, 0.3) is 5.91 Å². The molecule has 1 atom stereocenters. The molecule has 4 nitrogen and oxygen atoms in total. The van der Waals surface area contributed by atoms with Crippen LogP contribution in [0.5, 0.6) is 0 Å². The predicted molar refractivity (Wildman–Crippen MR) is 73.8 cm³/mol. The van der Waals surface area contributed by atoms with E-state index < -0.39 is 0 Å². The second kappa shape index (κ2) is 7.01. The van der Waals surface area contributed by atoms with E-state index in [-0.39, 0.29) is 24.6 Å². The SMILES string of the molecule is CC(C)Nc1ccccc1C(=O)NC(C)CCO. The number of para-hydroxylation sites is 1. The smallest absolute Gasteiger partial charge is 0.253 e. The van der Waals surface area contributed by atoms with Gasteiger partial charge in [0.1, 0.15) is 0 Å². The third kappa shape index (κ3) is 4.37. The van der Waals surface area contributed by atoms with Crippen molar-refractivity contribution >= 4 is 11.6 Å². The van der Waals surface area contributed by atoms with E-state index >= 15 is 0 Å². The molecule has 100 valence electrons. The number of carbonyl (C=O) groups excluding carboxylic acids is 1. The molecule has 0 aromatic heterocycles. The summed E-state index contributed by atoms with van der Waals surface area (Å²) < 4.78 is 0. The highest BCUT2D eigenvalue weighted by molar-refractivity contribution is 5.99. The normalized spacial score (nSPS) is 12.3. The lowest BCUT2D eigenvalue weighted by molar-refractivity contribution is 0.0935. The molecule has 1 amide bonds. The molecule has 0 aliphatic carbocycles. The molecule has 0 aliphatic heterocycles. The first-order valence-corrected chi connectivity index (χ1v) is 6.32. The summed E-state index contributed by atoms with van der Waals surface area (Å²) in [6, 6.07) is 7.68. The Morgan fingerprint density at radius 1 is 1.28 bits per heavy atom. The van der Waals surface area contributed by atoms with Crippen LogP contribution >= 0.6 is 0 Å². The lowest BCUT2D eigenvalue weighted by Crippen LogP contribution is -2.33. The minimum atomic E-state index is -0.111. The molecule has 0 heterocycles. The van der Waals surface area contributed by atoms with Gasteiger partial charge in [-0.25, -0.2) is 0 Å². The van der Waals surface area contributed by atoms with Crippen LogP contribution in [0.25, 0.3) is 0 Å². The van der Waals surface area contributed by atoms with Crippen LogP contribution in [0.15, 0.2) is 24.3 Å². The van der Waals surface area contributed by atoms with Crippen LogP contribution in [0.2, 0.25) is 0 Å². The van der Waals surface area contributed by atoms with Gasteiger partial charge in [0, 0.05) is 24.4 Å². The zero-order valence-corrected chi connectivity index (χ0v) is 11.2. The van der Waals surface area contributed by atoms with E-state index in [0.29, 0.717) is 12.0 Å². The van der Waals surface area contributed by atoms with Crippen molar-refractivity contribution in [3.63, 3.8) is 0 Å². The van der Waals surface area contributed by atoms with E-state index in [1.807, 2.05) is 39.0 Å². The van der Waals surface area contributed by atoms with Crippen molar-refractivity contribution in [2.75, 3.05) is 11.9 Å². The average molecular weight is 250 g/mol. The third-order valence-electron chi connectivity index (χ3n) is 2.56. The van der Waals surface area contributed by atoms with E-state index in [2.05, 4.69) is 10.6 Å². The number of aliphatic hydroxyl groups excluding tert-OH is 1. The first-order chi connectivity index (χ1) is 8.54. The second-order valence-electron chi connectivity index (χ2n) is 4.73. The highest BCUT2D eigenvalue weighted by Gasteiger charge is 2.13. The molecule has 18 heavy (non-hydrogen) atoms. The summed E-state index contributed by atoms with van der Waals surface area (Å²) in [4.78, 5) is 12.1. The van der Waals surface area contributed by atoms with Gasteiger partial charge in [-0.1, -0.05) is 12.1 Å². The molecular weight excluding hydrogens is 228 g/mol. The Labute approximate surface area is 108 Å². The molecule has 4 heteroatoms. The minimum Gasteiger partial charge on any atom is -0.396 e. The minimum absolute atomic E-state index is 0.0328. The summed E-state index contributed by atoms with van der Waals surface area (Å²) >= 11 is 0. The number of anilines is 1. The number of hydrogen-bond donors (Lipinski definition) is 3. The molecule has 1 aromatic rings. The number of amides is 1. The van der Waals surface area contributed by atoms with Gasteiger partial charge in [-0.15, -0.1) is 0 Å². The number of nitrogens with one attached hydrogen (secondary N) is 2. The van der Waals surface area contributed by atoms with Gasteiger partial charge in [0.2, 0.25) is 0 Å². The fourth-order valence-corrected chi connectivity index (χ4v) is 1.69. The quantitative estimate of drug-likeness (QED) is 0.723. The van der Waals surface area contributed by atoms with E-state index in [0.717, 1.165) is 5.69 Å². The van der Waals surface area contributed by atoms with Crippen LogP contribution in [0.4, 0.5) is 5.69 Å². The Kier molecular flexibility index (Phi) is 5.65. The van der Waals surface area contributed by atoms with Crippen LogP contribution in [0.3, 0.4) is 0 Å². The highest BCUT2D eigenvalue weighted by atomic mass is 16.3. The van der Waals surface area contributed by atoms with Crippen molar-refractivity contribution < 1.29 is 9.90 Å². The van der Waals surface area contributed by atoms with Crippen molar-refractivity contribution in [2.24, 2.45) is 0 Å². The molecule has 0 saturated heterocycles. The summed E-state index contributed by atoms with van der Waals surface area (Å²) in [7, 11) is 0. The van der Waals surface area contributed by atoms with E-state index in [1.165, 1.54) is 0 Å². The molecule has 0 saturated carbocycles. The maximum atomic E-state index is 12.1. The maximum Gasteiger partial charge on any atom is 0.253 e. The lowest BCUT2D eigenvalue weighted by Gasteiger charge is -2.17. The Morgan fingerprint density at radius 2 is 1.94 bits per heavy atom. The lowest BCUT2D eigenvalue weighted by atomic mass is 10.1. The zero-order chi connectivity index (χ0) is 13.5. The van der Waals surface area contributed by atoms with Crippen LogP contribution in [0, 0.1) is 0 Å². The fraction of sp³-hybridized carbons (Fsp3) is 0.500. The molecule has 0 fully saturated rings. The molecule has 0 radical (unpaired) electrons. The van der Waals surface area contributed by atoms with E-state index in [1.54, 1.807) is 6.07 Å². The largest absolute Gasteiger partial charge is 0.396 e. The average Bonchev–Trinajstić information content (AvgIpc) is 2.28. The zero-order valence-electron chi connectivity index (χ0n) is 11.2. The van der Waals surface area contributed by atoms with Gasteiger partial charge in [0.05, 0.1) is 5.56 Å². The second-order valence-corrected chi connectivity index (χ2v) is 4.73. The molecule has 1 unspecified atom stereocenters. The highest BCUT2D eigenvalue weighted by Crippen LogP contribution is 2.16. The molecule has 1 rings (SSSR count). The fourth-order valence-electron chi connectivity index (χ4n) is 1.69. The van der Waals surface area contributed by atoms with Gasteiger partial charge in [-0.05, 0) is 39.3 Å². The van der Waals surface area contributed by atoms with Gasteiger partial charge in [-0.2, -0.15) is 0 Å². The van der Waals surface area contributed by atoms with Gasteiger partial charge < -0.3 is 15.7 Å². The summed E-state index contributed by atoms with van der Waals surface area (Å²) in [5, 5.41) is 15.0. The predicted octanol–water partition coefficient (Wildman–Crippen LogP) is 2.01. The number of aliphatic hydroxyl groups is 1. The summed E-state index contributed by atoms with van der Waals surface area (Å²) in [5.41, 5.74) is 1.47. The topological polar surface area (TPSA) is 61.4 Å². The summed E-state index contributed by atoms with van der Waals surface area (Å²) in [6.07, 6.45) is 0.561. The Bertz CT molecular complexity index is 391. The van der Waals surface area contributed by atoms with E-state index in [9.17, 15) is 4.79 Å². The van der Waals surface area contributed by atoms with Crippen molar-refractivity contribution in [1.29, 1.82) is 0 Å². The Balaban J connectivity index is 2.78. The van der Waals surface area contributed by atoms with Crippen LogP contribution in [-0.4, -0.2) is 29.7 Å². The number of rotatable bonds is 6. The molecule has 0 aliphatic rings. The molecule has 1 aromatic carbocycles. The first kappa shape index (κ1) is 14.5. The van der Waals surface area contributed by atoms with Crippen molar-refractivity contribution in [2.45, 2.75) is 39.3 Å². The van der Waals surface area contributed by atoms with Crippen LogP contribution in [-0.2, 0) is 0 Å². The van der Waals surface area contributed by atoms with E-state index in [4.69, 9.17) is 5.11 Å². The molecule has 3 N–H and O–H groups in total. The third-order valence-corrected chi connectivity index (χ3v) is 2.56. The monoisotopic (exact) mass is 250 g/mol. The standard InChI is InChI=1S/C14H22N2O2/c1-10(2)15-13-7-5-4-6-12(13)14(18)16-11(3)8-9-17/h4-7,10-11,15,17H,8-9H2,1-3H3,(H,16,18). The Morgan fingerprint density at radius 3 is 2.56 bits per heavy atom. The first-order valence-electron chi connectivity index (χ1n) is 6.32. The molecule has 0 spiro atoms. The molecule has 0 bridgehead atoms. The van der Waals surface area contributed by atoms with Gasteiger partial charge >= 0.3 is 0 Å². The number of carbonyl (C=O) groups is 1. The van der Waals surface area contributed by atoms with Crippen LogP contribution in [0.1, 0.15) is 37.6 Å².